The van der Waals surface area contributed by atoms with Crippen molar-refractivity contribution >= 4 is 50.7 Å². The molecule has 2 aromatic rings. The number of hydrogen-bond donors (Lipinski definition) is 2. The molecule has 0 fully saturated rings. The van der Waals surface area contributed by atoms with Crippen LogP contribution in [0.1, 0.15) is 28.9 Å². The van der Waals surface area contributed by atoms with Gasteiger partial charge >= 0.3 is 0 Å². The van der Waals surface area contributed by atoms with Crippen LogP contribution in [0.15, 0.2) is 40.9 Å². The molecule has 0 bridgehead atoms. The Morgan fingerprint density at radius 2 is 1.90 bits per heavy atom. The van der Waals surface area contributed by atoms with Crippen molar-refractivity contribution in [1.82, 2.24) is 5.32 Å². The van der Waals surface area contributed by atoms with Crippen molar-refractivity contribution in [2.24, 2.45) is 0 Å². The normalized spacial score (nSPS) is 12.0. The molecular formula is C15H13BrCl2N2O. The maximum atomic E-state index is 12.3. The number of amides is 1. The van der Waals surface area contributed by atoms with Crippen LogP contribution in [0.2, 0.25) is 10.0 Å². The smallest absolute Gasteiger partial charge is 0.252 e. The van der Waals surface area contributed by atoms with Gasteiger partial charge < -0.3 is 11.1 Å². The van der Waals surface area contributed by atoms with Gasteiger partial charge in [-0.3, -0.25) is 4.79 Å². The first-order valence-corrected chi connectivity index (χ1v) is 7.74. The zero-order chi connectivity index (χ0) is 15.6. The van der Waals surface area contributed by atoms with Crippen LogP contribution in [0.4, 0.5) is 5.69 Å². The fraction of sp³-hybridized carbons (Fsp3) is 0.133. The van der Waals surface area contributed by atoms with Crippen molar-refractivity contribution in [2.45, 2.75) is 13.0 Å². The van der Waals surface area contributed by atoms with Crippen molar-refractivity contribution in [3.8, 4) is 0 Å². The van der Waals surface area contributed by atoms with Gasteiger partial charge in [0.05, 0.1) is 21.7 Å². The van der Waals surface area contributed by atoms with E-state index in [4.69, 9.17) is 28.9 Å². The number of hydrogen-bond acceptors (Lipinski definition) is 2. The highest BCUT2D eigenvalue weighted by Gasteiger charge is 2.15. The number of nitrogen functional groups attached to an aromatic ring is 1. The van der Waals surface area contributed by atoms with Gasteiger partial charge in [0.15, 0.2) is 0 Å². The first-order valence-electron chi connectivity index (χ1n) is 6.19. The molecule has 0 aromatic heterocycles. The SMILES string of the molecule is CC(NC(=O)c1cc(N)ccc1Br)c1ccc(Cl)c(Cl)c1. The lowest BCUT2D eigenvalue weighted by Gasteiger charge is -2.16. The minimum absolute atomic E-state index is 0.208. The number of nitrogens with two attached hydrogens (primary N) is 1. The van der Waals surface area contributed by atoms with Gasteiger partial charge in [0, 0.05) is 10.2 Å². The van der Waals surface area contributed by atoms with E-state index >= 15 is 0 Å². The van der Waals surface area contributed by atoms with Gasteiger partial charge in [-0.15, -0.1) is 0 Å². The average molecular weight is 388 g/mol. The largest absolute Gasteiger partial charge is 0.399 e. The number of carbonyl (C=O) groups excluding carboxylic acids is 1. The van der Waals surface area contributed by atoms with Crippen LogP contribution in [-0.4, -0.2) is 5.91 Å². The standard InChI is InChI=1S/C15H13BrCl2N2O/c1-8(9-2-5-13(17)14(18)6-9)20-15(21)11-7-10(19)3-4-12(11)16/h2-8H,19H2,1H3,(H,20,21). The lowest BCUT2D eigenvalue weighted by atomic mass is 10.1. The minimum Gasteiger partial charge on any atom is -0.399 e. The maximum absolute atomic E-state index is 12.3. The topological polar surface area (TPSA) is 55.1 Å². The van der Waals surface area contributed by atoms with E-state index in [2.05, 4.69) is 21.2 Å². The Balaban J connectivity index is 2.18. The van der Waals surface area contributed by atoms with Crippen LogP contribution in [0, 0.1) is 0 Å². The Morgan fingerprint density at radius 3 is 2.57 bits per heavy atom. The van der Waals surface area contributed by atoms with Gasteiger partial charge in [-0.2, -0.15) is 0 Å². The molecule has 2 aromatic carbocycles. The monoisotopic (exact) mass is 386 g/mol. The van der Waals surface area contributed by atoms with Crippen molar-refractivity contribution < 1.29 is 4.79 Å². The molecular weight excluding hydrogens is 375 g/mol. The molecule has 1 unspecified atom stereocenters. The Labute approximate surface area is 141 Å². The Kier molecular flexibility index (Phi) is 5.14. The summed E-state index contributed by atoms with van der Waals surface area (Å²) in [5, 5.41) is 3.84. The number of rotatable bonds is 3. The molecule has 1 amide bonds. The Hall–Kier alpha value is -1.23. The fourth-order valence-electron chi connectivity index (χ4n) is 1.86. The second-order valence-electron chi connectivity index (χ2n) is 4.61. The highest BCUT2D eigenvalue weighted by molar-refractivity contribution is 9.10. The van der Waals surface area contributed by atoms with Crippen LogP contribution in [0.3, 0.4) is 0 Å². The number of nitrogens with one attached hydrogen (secondary N) is 1. The van der Waals surface area contributed by atoms with Crippen LogP contribution >= 0.6 is 39.1 Å². The molecule has 0 aliphatic rings. The summed E-state index contributed by atoms with van der Waals surface area (Å²) in [7, 11) is 0. The zero-order valence-corrected chi connectivity index (χ0v) is 14.3. The fourth-order valence-corrected chi connectivity index (χ4v) is 2.59. The molecule has 0 aliphatic carbocycles. The molecule has 0 radical (unpaired) electrons. The zero-order valence-electron chi connectivity index (χ0n) is 11.2. The summed E-state index contributed by atoms with van der Waals surface area (Å²) in [4.78, 5) is 12.3. The first-order chi connectivity index (χ1) is 9.88. The molecule has 2 rings (SSSR count). The van der Waals surface area contributed by atoms with Gasteiger partial charge in [-0.1, -0.05) is 29.3 Å². The van der Waals surface area contributed by atoms with E-state index in [9.17, 15) is 4.79 Å². The molecule has 3 N–H and O–H groups in total. The molecule has 110 valence electrons. The second kappa shape index (κ2) is 6.69. The lowest BCUT2D eigenvalue weighted by molar-refractivity contribution is 0.0939. The first kappa shape index (κ1) is 16.1. The quantitative estimate of drug-likeness (QED) is 0.741. The van der Waals surface area contributed by atoms with Gasteiger partial charge in [0.2, 0.25) is 0 Å². The molecule has 0 heterocycles. The van der Waals surface area contributed by atoms with Gasteiger partial charge in [0.25, 0.3) is 5.91 Å². The highest BCUT2D eigenvalue weighted by Crippen LogP contribution is 2.26. The number of halogens is 3. The van der Waals surface area contributed by atoms with E-state index < -0.39 is 0 Å². The summed E-state index contributed by atoms with van der Waals surface area (Å²) in [5.74, 6) is -0.215. The third-order valence-corrected chi connectivity index (χ3v) is 4.46. The Bertz CT molecular complexity index is 691. The lowest BCUT2D eigenvalue weighted by Crippen LogP contribution is -2.27. The average Bonchev–Trinajstić information content (AvgIpc) is 2.44. The molecule has 0 aliphatic heterocycles. The van der Waals surface area contributed by atoms with Crippen molar-refractivity contribution in [3.63, 3.8) is 0 Å². The van der Waals surface area contributed by atoms with Crippen LogP contribution < -0.4 is 11.1 Å². The minimum atomic E-state index is -0.215. The molecule has 0 spiro atoms. The predicted octanol–water partition coefficient (Wildman–Crippen LogP) is 4.83. The summed E-state index contributed by atoms with van der Waals surface area (Å²) in [6, 6.07) is 10.2. The molecule has 3 nitrogen and oxygen atoms in total. The van der Waals surface area contributed by atoms with Gasteiger partial charge in [-0.25, -0.2) is 0 Å². The van der Waals surface area contributed by atoms with E-state index in [1.807, 2.05) is 13.0 Å². The molecule has 1 atom stereocenters. The predicted molar refractivity (Wildman–Crippen MR) is 90.9 cm³/mol. The Morgan fingerprint density at radius 1 is 1.19 bits per heavy atom. The summed E-state index contributed by atoms with van der Waals surface area (Å²) >= 11 is 15.2. The van der Waals surface area contributed by atoms with Crippen LogP contribution in [-0.2, 0) is 0 Å². The molecule has 0 saturated heterocycles. The highest BCUT2D eigenvalue weighted by atomic mass is 79.9. The van der Waals surface area contributed by atoms with E-state index in [1.165, 1.54) is 0 Å². The van der Waals surface area contributed by atoms with Crippen molar-refractivity contribution in [3.05, 3.63) is 62.0 Å². The van der Waals surface area contributed by atoms with Gasteiger partial charge in [0.1, 0.15) is 0 Å². The van der Waals surface area contributed by atoms with E-state index in [0.717, 1.165) is 5.56 Å². The summed E-state index contributed by atoms with van der Waals surface area (Å²) in [5.41, 5.74) is 7.60. The summed E-state index contributed by atoms with van der Waals surface area (Å²) in [6.45, 7) is 1.87. The number of benzene rings is 2. The molecule has 21 heavy (non-hydrogen) atoms. The van der Waals surface area contributed by atoms with E-state index in [0.29, 0.717) is 25.8 Å². The third kappa shape index (κ3) is 3.90. The maximum Gasteiger partial charge on any atom is 0.252 e. The van der Waals surface area contributed by atoms with Crippen LogP contribution in [0.25, 0.3) is 0 Å². The van der Waals surface area contributed by atoms with Crippen molar-refractivity contribution in [2.75, 3.05) is 5.73 Å². The van der Waals surface area contributed by atoms with Crippen LogP contribution in [0.5, 0.6) is 0 Å². The third-order valence-electron chi connectivity index (χ3n) is 3.03. The summed E-state index contributed by atoms with van der Waals surface area (Å²) < 4.78 is 0.690. The van der Waals surface area contributed by atoms with E-state index in [-0.39, 0.29) is 11.9 Å². The second-order valence-corrected chi connectivity index (χ2v) is 6.28. The number of anilines is 1. The van der Waals surface area contributed by atoms with Gasteiger partial charge in [-0.05, 0) is 58.7 Å². The molecule has 6 heteroatoms. The van der Waals surface area contributed by atoms with E-state index in [1.54, 1.807) is 30.3 Å². The number of carbonyl (C=O) groups is 1. The van der Waals surface area contributed by atoms with Crippen molar-refractivity contribution in [1.29, 1.82) is 0 Å². The molecule has 0 saturated carbocycles. The summed E-state index contributed by atoms with van der Waals surface area (Å²) in [6.07, 6.45) is 0.